The zero-order chi connectivity index (χ0) is 13.9. The molecule has 0 radical (unpaired) electrons. The standard InChI is InChI=1S/C14H23N5O/c1-3-18-4-6-19(7-5-18)14-15-11(2)8-13(17-14)16-12-9-20-10-12/h8,12H,3-7,9-10H2,1-2H3,(H,15,16,17). The summed E-state index contributed by atoms with van der Waals surface area (Å²) in [6.45, 7) is 11.1. The van der Waals surface area contributed by atoms with Crippen molar-refractivity contribution in [3.63, 3.8) is 0 Å². The van der Waals surface area contributed by atoms with Crippen molar-refractivity contribution in [2.75, 3.05) is 56.2 Å². The van der Waals surface area contributed by atoms with Crippen molar-refractivity contribution in [2.45, 2.75) is 19.9 Å². The molecule has 0 aromatic carbocycles. The van der Waals surface area contributed by atoms with Crippen LogP contribution >= 0.6 is 0 Å². The Labute approximate surface area is 120 Å². The van der Waals surface area contributed by atoms with Gasteiger partial charge in [-0.1, -0.05) is 6.92 Å². The summed E-state index contributed by atoms with van der Waals surface area (Å²) < 4.78 is 5.19. The van der Waals surface area contributed by atoms with Gasteiger partial charge in [-0.2, -0.15) is 4.98 Å². The van der Waals surface area contributed by atoms with Crippen molar-refractivity contribution >= 4 is 11.8 Å². The number of aromatic nitrogens is 2. The van der Waals surface area contributed by atoms with Crippen molar-refractivity contribution < 1.29 is 4.74 Å². The number of likely N-dealkylation sites (N-methyl/N-ethyl adjacent to an activating group) is 1. The van der Waals surface area contributed by atoms with Gasteiger partial charge in [-0.3, -0.25) is 0 Å². The van der Waals surface area contributed by atoms with Gasteiger partial charge in [0.05, 0.1) is 19.3 Å². The van der Waals surface area contributed by atoms with E-state index in [1.165, 1.54) is 0 Å². The smallest absolute Gasteiger partial charge is 0.227 e. The summed E-state index contributed by atoms with van der Waals surface area (Å²) in [6, 6.07) is 2.40. The molecule has 0 aliphatic carbocycles. The Morgan fingerprint density at radius 3 is 2.60 bits per heavy atom. The highest BCUT2D eigenvalue weighted by atomic mass is 16.5. The normalized spacial score (nSPS) is 20.8. The maximum atomic E-state index is 5.19. The van der Waals surface area contributed by atoms with Gasteiger partial charge in [0.1, 0.15) is 5.82 Å². The Kier molecular flexibility index (Phi) is 4.03. The molecule has 3 rings (SSSR count). The Bertz CT molecular complexity index is 455. The van der Waals surface area contributed by atoms with E-state index in [4.69, 9.17) is 4.74 Å². The molecule has 1 aromatic rings. The molecule has 6 heteroatoms. The van der Waals surface area contributed by atoms with Crippen LogP contribution in [0.1, 0.15) is 12.6 Å². The summed E-state index contributed by atoms with van der Waals surface area (Å²) in [5.74, 6) is 1.77. The van der Waals surface area contributed by atoms with Crippen LogP contribution in [0.25, 0.3) is 0 Å². The lowest BCUT2D eigenvalue weighted by Crippen LogP contribution is -2.47. The van der Waals surface area contributed by atoms with Crippen molar-refractivity contribution in [1.82, 2.24) is 14.9 Å². The molecule has 0 atom stereocenters. The van der Waals surface area contributed by atoms with Gasteiger partial charge in [0.15, 0.2) is 0 Å². The lowest BCUT2D eigenvalue weighted by molar-refractivity contribution is 0.0209. The zero-order valence-corrected chi connectivity index (χ0v) is 12.3. The molecule has 2 aliphatic heterocycles. The Hall–Kier alpha value is -1.40. The van der Waals surface area contributed by atoms with E-state index in [9.17, 15) is 0 Å². The van der Waals surface area contributed by atoms with E-state index in [-0.39, 0.29) is 0 Å². The van der Waals surface area contributed by atoms with Crippen molar-refractivity contribution in [3.05, 3.63) is 11.8 Å². The van der Waals surface area contributed by atoms with Gasteiger partial charge >= 0.3 is 0 Å². The van der Waals surface area contributed by atoms with Crippen LogP contribution in [0.15, 0.2) is 6.07 Å². The van der Waals surface area contributed by atoms with Gasteiger partial charge in [-0.05, 0) is 13.5 Å². The Morgan fingerprint density at radius 2 is 2.00 bits per heavy atom. The van der Waals surface area contributed by atoms with Crippen molar-refractivity contribution in [2.24, 2.45) is 0 Å². The number of nitrogens with one attached hydrogen (secondary N) is 1. The fourth-order valence-corrected chi connectivity index (χ4v) is 2.56. The SMILES string of the molecule is CCN1CCN(c2nc(C)cc(NC3COC3)n2)CC1. The highest BCUT2D eigenvalue weighted by Gasteiger charge is 2.21. The van der Waals surface area contributed by atoms with E-state index in [1.807, 2.05) is 13.0 Å². The number of ether oxygens (including phenoxy) is 1. The van der Waals surface area contributed by atoms with Crippen LogP contribution in [0.2, 0.25) is 0 Å². The van der Waals surface area contributed by atoms with E-state index in [1.54, 1.807) is 0 Å². The molecule has 2 saturated heterocycles. The quantitative estimate of drug-likeness (QED) is 0.876. The van der Waals surface area contributed by atoms with E-state index in [2.05, 4.69) is 32.0 Å². The van der Waals surface area contributed by atoms with Gasteiger partial charge in [0.25, 0.3) is 0 Å². The van der Waals surface area contributed by atoms with E-state index in [0.29, 0.717) is 6.04 Å². The third-order valence-electron chi connectivity index (χ3n) is 3.93. The van der Waals surface area contributed by atoms with Crippen LogP contribution in [-0.2, 0) is 4.74 Å². The van der Waals surface area contributed by atoms with Crippen molar-refractivity contribution in [3.8, 4) is 0 Å². The summed E-state index contributed by atoms with van der Waals surface area (Å²) in [7, 11) is 0. The molecule has 1 aromatic heterocycles. The maximum absolute atomic E-state index is 5.19. The van der Waals surface area contributed by atoms with E-state index in [0.717, 1.165) is 63.4 Å². The second kappa shape index (κ2) is 5.93. The van der Waals surface area contributed by atoms with Crippen LogP contribution in [-0.4, -0.2) is 66.8 Å². The number of hydrogen-bond acceptors (Lipinski definition) is 6. The number of rotatable bonds is 4. The number of aryl methyl sites for hydroxylation is 1. The van der Waals surface area contributed by atoms with Crippen molar-refractivity contribution in [1.29, 1.82) is 0 Å². The predicted molar refractivity (Wildman–Crippen MR) is 79.3 cm³/mol. The number of anilines is 2. The summed E-state index contributed by atoms with van der Waals surface area (Å²) >= 11 is 0. The predicted octanol–water partition coefficient (Wildman–Crippen LogP) is 0.738. The van der Waals surface area contributed by atoms with E-state index < -0.39 is 0 Å². The molecule has 1 N–H and O–H groups in total. The highest BCUT2D eigenvalue weighted by Crippen LogP contribution is 2.17. The first-order valence-corrected chi connectivity index (χ1v) is 7.42. The first-order valence-electron chi connectivity index (χ1n) is 7.42. The summed E-state index contributed by atoms with van der Waals surface area (Å²) in [5, 5.41) is 3.41. The van der Waals surface area contributed by atoms with Crippen LogP contribution in [0.4, 0.5) is 11.8 Å². The Balaban J connectivity index is 1.69. The lowest BCUT2D eigenvalue weighted by atomic mass is 10.2. The minimum absolute atomic E-state index is 0.397. The van der Waals surface area contributed by atoms with Gasteiger partial charge in [0.2, 0.25) is 5.95 Å². The number of hydrogen-bond donors (Lipinski definition) is 1. The summed E-state index contributed by atoms with van der Waals surface area (Å²) in [5.41, 5.74) is 1.01. The van der Waals surface area contributed by atoms with Gasteiger partial charge in [-0.15, -0.1) is 0 Å². The van der Waals surface area contributed by atoms with E-state index >= 15 is 0 Å². The third kappa shape index (κ3) is 3.02. The molecular formula is C14H23N5O. The fraction of sp³-hybridized carbons (Fsp3) is 0.714. The molecule has 20 heavy (non-hydrogen) atoms. The average molecular weight is 277 g/mol. The minimum Gasteiger partial charge on any atom is -0.377 e. The second-order valence-electron chi connectivity index (χ2n) is 5.49. The molecule has 0 unspecified atom stereocenters. The fourth-order valence-electron chi connectivity index (χ4n) is 2.56. The second-order valence-corrected chi connectivity index (χ2v) is 5.49. The van der Waals surface area contributed by atoms with Crippen LogP contribution in [0.3, 0.4) is 0 Å². The molecule has 6 nitrogen and oxygen atoms in total. The van der Waals surface area contributed by atoms with Gasteiger partial charge < -0.3 is 19.9 Å². The number of piperazine rings is 1. The highest BCUT2D eigenvalue weighted by molar-refractivity contribution is 5.44. The molecule has 2 fully saturated rings. The molecule has 2 aliphatic rings. The number of nitrogens with zero attached hydrogens (tertiary/aromatic N) is 4. The topological polar surface area (TPSA) is 53.5 Å². The largest absolute Gasteiger partial charge is 0.377 e. The zero-order valence-electron chi connectivity index (χ0n) is 12.3. The molecule has 3 heterocycles. The molecule has 0 bridgehead atoms. The maximum Gasteiger partial charge on any atom is 0.227 e. The average Bonchev–Trinajstić information content (AvgIpc) is 2.42. The van der Waals surface area contributed by atoms with Gasteiger partial charge in [-0.25, -0.2) is 4.98 Å². The van der Waals surface area contributed by atoms with Crippen LogP contribution < -0.4 is 10.2 Å². The minimum atomic E-state index is 0.397. The first-order chi connectivity index (χ1) is 9.74. The summed E-state index contributed by atoms with van der Waals surface area (Å²) in [6.07, 6.45) is 0. The third-order valence-corrected chi connectivity index (χ3v) is 3.93. The molecule has 0 spiro atoms. The molecule has 110 valence electrons. The first kappa shape index (κ1) is 13.6. The van der Waals surface area contributed by atoms with Gasteiger partial charge in [0, 0.05) is 37.9 Å². The molecule has 0 amide bonds. The molecular weight excluding hydrogens is 254 g/mol. The Morgan fingerprint density at radius 1 is 1.25 bits per heavy atom. The van der Waals surface area contributed by atoms with Crippen LogP contribution in [0, 0.1) is 6.92 Å². The summed E-state index contributed by atoms with van der Waals surface area (Å²) in [4.78, 5) is 14.0. The monoisotopic (exact) mass is 277 g/mol. The molecule has 0 saturated carbocycles. The van der Waals surface area contributed by atoms with Crippen LogP contribution in [0.5, 0.6) is 0 Å². The lowest BCUT2D eigenvalue weighted by Gasteiger charge is -2.34.